The highest BCUT2D eigenvalue weighted by Gasteiger charge is 2.18. The standard InChI is InChI=1S/C18H19N3O3S/c1-3-21-17(19-20-18(21)25-11-16(23)24-4-2)14-9-12-7-5-6-8-13(12)10-15(14)22/h5-10,22H,3-4,11H2,1-2H3. The van der Waals surface area contributed by atoms with Gasteiger partial charge in [-0.2, -0.15) is 0 Å². The van der Waals surface area contributed by atoms with Gasteiger partial charge in [0.2, 0.25) is 0 Å². The van der Waals surface area contributed by atoms with Crippen LogP contribution in [0.3, 0.4) is 0 Å². The molecular weight excluding hydrogens is 338 g/mol. The van der Waals surface area contributed by atoms with Crippen LogP contribution in [0.2, 0.25) is 0 Å². The molecule has 0 aliphatic carbocycles. The highest BCUT2D eigenvalue weighted by atomic mass is 32.2. The summed E-state index contributed by atoms with van der Waals surface area (Å²) in [5.74, 6) is 0.628. The summed E-state index contributed by atoms with van der Waals surface area (Å²) in [6, 6.07) is 11.4. The monoisotopic (exact) mass is 357 g/mol. The van der Waals surface area contributed by atoms with Crippen molar-refractivity contribution in [3.8, 4) is 17.1 Å². The molecule has 0 atom stereocenters. The van der Waals surface area contributed by atoms with E-state index in [4.69, 9.17) is 4.74 Å². The van der Waals surface area contributed by atoms with Crippen molar-refractivity contribution in [1.82, 2.24) is 14.8 Å². The number of aromatic hydroxyl groups is 1. The van der Waals surface area contributed by atoms with E-state index >= 15 is 0 Å². The number of fused-ring (bicyclic) bond motifs is 1. The Bertz CT molecular complexity index is 908. The smallest absolute Gasteiger partial charge is 0.316 e. The Hall–Kier alpha value is -2.54. The molecule has 7 heteroatoms. The van der Waals surface area contributed by atoms with Crippen molar-refractivity contribution in [2.24, 2.45) is 0 Å². The number of hydrogen-bond donors (Lipinski definition) is 1. The molecular formula is C18H19N3O3S. The Morgan fingerprint density at radius 3 is 2.60 bits per heavy atom. The van der Waals surface area contributed by atoms with Gasteiger partial charge in [-0.25, -0.2) is 0 Å². The Kier molecular flexibility index (Phi) is 5.23. The summed E-state index contributed by atoms with van der Waals surface area (Å²) < 4.78 is 6.82. The zero-order chi connectivity index (χ0) is 17.8. The Morgan fingerprint density at radius 1 is 1.20 bits per heavy atom. The van der Waals surface area contributed by atoms with Gasteiger partial charge in [-0.05, 0) is 36.8 Å². The predicted octanol–water partition coefficient (Wildman–Crippen LogP) is 3.48. The van der Waals surface area contributed by atoms with Crippen molar-refractivity contribution >= 4 is 28.5 Å². The molecule has 0 unspecified atom stereocenters. The lowest BCUT2D eigenvalue weighted by Crippen LogP contribution is -2.08. The van der Waals surface area contributed by atoms with E-state index in [1.807, 2.05) is 41.8 Å². The lowest BCUT2D eigenvalue weighted by Gasteiger charge is -2.09. The summed E-state index contributed by atoms with van der Waals surface area (Å²) >= 11 is 1.28. The second-order valence-electron chi connectivity index (χ2n) is 5.36. The highest BCUT2D eigenvalue weighted by Crippen LogP contribution is 2.34. The number of thioether (sulfide) groups is 1. The van der Waals surface area contributed by atoms with Crippen LogP contribution in [-0.4, -0.2) is 38.2 Å². The molecule has 0 bridgehead atoms. The molecule has 130 valence electrons. The average molecular weight is 357 g/mol. The molecule has 1 aromatic heterocycles. The summed E-state index contributed by atoms with van der Waals surface area (Å²) in [5, 5.41) is 21.4. The second kappa shape index (κ2) is 7.57. The molecule has 25 heavy (non-hydrogen) atoms. The minimum Gasteiger partial charge on any atom is -0.507 e. The van der Waals surface area contributed by atoms with Crippen LogP contribution in [0.1, 0.15) is 13.8 Å². The van der Waals surface area contributed by atoms with Crippen molar-refractivity contribution in [3.05, 3.63) is 36.4 Å². The zero-order valence-corrected chi connectivity index (χ0v) is 14.9. The van der Waals surface area contributed by atoms with Gasteiger partial charge in [-0.1, -0.05) is 36.0 Å². The van der Waals surface area contributed by atoms with Crippen molar-refractivity contribution in [2.75, 3.05) is 12.4 Å². The van der Waals surface area contributed by atoms with E-state index in [0.717, 1.165) is 10.8 Å². The van der Waals surface area contributed by atoms with Crippen LogP contribution in [-0.2, 0) is 16.1 Å². The van der Waals surface area contributed by atoms with Gasteiger partial charge in [0.15, 0.2) is 11.0 Å². The summed E-state index contributed by atoms with van der Waals surface area (Å²) in [7, 11) is 0. The SMILES string of the molecule is CCOC(=O)CSc1nnc(-c2cc3ccccc3cc2O)n1CC. The first-order chi connectivity index (χ1) is 12.1. The van der Waals surface area contributed by atoms with Gasteiger partial charge < -0.3 is 14.4 Å². The zero-order valence-electron chi connectivity index (χ0n) is 14.1. The van der Waals surface area contributed by atoms with E-state index in [2.05, 4.69) is 10.2 Å². The number of carbonyl (C=O) groups is 1. The van der Waals surface area contributed by atoms with Crippen LogP contribution in [0.15, 0.2) is 41.6 Å². The number of carbonyl (C=O) groups excluding carboxylic acids is 1. The molecule has 0 spiro atoms. The van der Waals surface area contributed by atoms with E-state index in [1.165, 1.54) is 11.8 Å². The maximum absolute atomic E-state index is 11.6. The van der Waals surface area contributed by atoms with Crippen LogP contribution in [0.4, 0.5) is 0 Å². The number of hydrogen-bond acceptors (Lipinski definition) is 6. The lowest BCUT2D eigenvalue weighted by molar-refractivity contribution is -0.139. The van der Waals surface area contributed by atoms with Crippen molar-refractivity contribution < 1.29 is 14.6 Å². The van der Waals surface area contributed by atoms with Crippen LogP contribution in [0, 0.1) is 0 Å². The van der Waals surface area contributed by atoms with E-state index in [9.17, 15) is 9.90 Å². The number of ether oxygens (including phenoxy) is 1. The van der Waals surface area contributed by atoms with E-state index in [-0.39, 0.29) is 17.5 Å². The quantitative estimate of drug-likeness (QED) is 0.538. The predicted molar refractivity (Wildman–Crippen MR) is 97.7 cm³/mol. The molecule has 1 heterocycles. The number of phenolic OH excluding ortho intramolecular Hbond substituents is 1. The maximum Gasteiger partial charge on any atom is 0.316 e. The fraction of sp³-hybridized carbons (Fsp3) is 0.278. The first-order valence-electron chi connectivity index (χ1n) is 8.07. The number of aromatic nitrogens is 3. The topological polar surface area (TPSA) is 77.2 Å². The molecule has 0 aliphatic heterocycles. The fourth-order valence-corrected chi connectivity index (χ4v) is 3.41. The minimum atomic E-state index is -0.284. The molecule has 0 saturated heterocycles. The summed E-state index contributed by atoms with van der Waals surface area (Å²) in [5.41, 5.74) is 0.621. The number of rotatable bonds is 6. The minimum absolute atomic E-state index is 0.155. The molecule has 6 nitrogen and oxygen atoms in total. The number of benzene rings is 2. The first kappa shape index (κ1) is 17.3. The Morgan fingerprint density at radius 2 is 1.92 bits per heavy atom. The normalized spacial score (nSPS) is 11.0. The molecule has 3 aromatic rings. The first-order valence-corrected chi connectivity index (χ1v) is 9.06. The molecule has 0 aliphatic rings. The van der Waals surface area contributed by atoms with Crippen LogP contribution in [0.5, 0.6) is 5.75 Å². The number of phenols is 1. The second-order valence-corrected chi connectivity index (χ2v) is 6.30. The third-order valence-electron chi connectivity index (χ3n) is 3.76. The maximum atomic E-state index is 11.6. The molecule has 3 rings (SSSR count). The molecule has 0 amide bonds. The van der Waals surface area contributed by atoms with Crippen LogP contribution < -0.4 is 0 Å². The summed E-state index contributed by atoms with van der Waals surface area (Å²) in [4.78, 5) is 11.6. The van der Waals surface area contributed by atoms with Crippen LogP contribution in [0.25, 0.3) is 22.2 Å². The van der Waals surface area contributed by atoms with Crippen molar-refractivity contribution in [3.63, 3.8) is 0 Å². The van der Waals surface area contributed by atoms with Crippen LogP contribution >= 0.6 is 11.8 Å². The number of esters is 1. The van der Waals surface area contributed by atoms with E-state index < -0.39 is 0 Å². The van der Waals surface area contributed by atoms with Gasteiger partial charge in [0, 0.05) is 6.54 Å². The highest BCUT2D eigenvalue weighted by molar-refractivity contribution is 7.99. The molecule has 0 saturated carbocycles. The lowest BCUT2D eigenvalue weighted by atomic mass is 10.1. The van der Waals surface area contributed by atoms with Crippen molar-refractivity contribution in [2.45, 2.75) is 25.5 Å². The third-order valence-corrected chi connectivity index (χ3v) is 4.70. The number of nitrogens with zero attached hydrogens (tertiary/aromatic N) is 3. The van der Waals surface area contributed by atoms with Gasteiger partial charge in [0.25, 0.3) is 0 Å². The van der Waals surface area contributed by atoms with E-state index in [1.54, 1.807) is 13.0 Å². The van der Waals surface area contributed by atoms with Gasteiger partial charge >= 0.3 is 5.97 Å². The van der Waals surface area contributed by atoms with Gasteiger partial charge in [-0.3, -0.25) is 4.79 Å². The summed E-state index contributed by atoms with van der Waals surface area (Å²) in [6.07, 6.45) is 0. The van der Waals surface area contributed by atoms with Gasteiger partial charge in [-0.15, -0.1) is 10.2 Å². The molecule has 2 aromatic carbocycles. The van der Waals surface area contributed by atoms with Gasteiger partial charge in [0.05, 0.1) is 17.9 Å². The van der Waals surface area contributed by atoms with E-state index in [0.29, 0.717) is 29.7 Å². The largest absolute Gasteiger partial charge is 0.507 e. The Balaban J connectivity index is 1.95. The average Bonchev–Trinajstić information content (AvgIpc) is 3.02. The summed E-state index contributed by atoms with van der Waals surface area (Å²) in [6.45, 7) is 4.73. The molecule has 0 fully saturated rings. The fourth-order valence-electron chi connectivity index (χ4n) is 2.61. The molecule has 0 radical (unpaired) electrons. The third kappa shape index (κ3) is 3.61. The van der Waals surface area contributed by atoms with Crippen molar-refractivity contribution in [1.29, 1.82) is 0 Å². The molecule has 1 N–H and O–H groups in total. The van der Waals surface area contributed by atoms with Gasteiger partial charge in [0.1, 0.15) is 5.75 Å². The Labute approximate surface area is 149 Å².